The second-order valence-corrected chi connectivity index (χ2v) is 34.9. The van der Waals surface area contributed by atoms with Crippen molar-refractivity contribution >= 4 is 164 Å². The van der Waals surface area contributed by atoms with Crippen molar-refractivity contribution in [1.29, 1.82) is 0 Å². The molecule has 21 rings (SSSR count). The Morgan fingerprint density at radius 1 is 0.284 bits per heavy atom. The SMILES string of the molecule is [2H]c1c([2H])c(-n2c3ccccc3c3cc4c(cc32)sc2ccccc24)c([2H])c2c1B1c3c(cc(C(C)(C)C)cc3N(c3c(-c4ccccc4)cc(C(C)(C)C)cc3-c3ccccc3)c3c([2H])c(-n4c5ccccc5c5cc6c(cc54)sc4ccccc46)c([2H])c([2H])c31)N2c1c(-c2ccccc2)cc(C(C)(C)C)cc1-c1ccccc1. The summed E-state index contributed by atoms with van der Waals surface area (Å²) < 4.78 is 78.2. The number of benzene rings is 15. The minimum atomic E-state index is -1.14. The van der Waals surface area contributed by atoms with Crippen molar-refractivity contribution < 1.29 is 8.22 Å². The van der Waals surface area contributed by atoms with Gasteiger partial charge in [0.15, 0.2) is 0 Å². The third-order valence-electron chi connectivity index (χ3n) is 22.9. The van der Waals surface area contributed by atoms with Gasteiger partial charge in [-0.1, -0.05) is 269 Å². The molecule has 0 amide bonds. The monoisotopic (exact) mass is 1440 g/mol. The molecular formula is C102H79BN4S2. The van der Waals surface area contributed by atoms with Crippen LogP contribution in [0.2, 0.25) is 0 Å². The van der Waals surface area contributed by atoms with Gasteiger partial charge in [0.2, 0.25) is 0 Å². The summed E-state index contributed by atoms with van der Waals surface area (Å²) in [6.07, 6.45) is 0. The van der Waals surface area contributed by atoms with Gasteiger partial charge in [-0.3, -0.25) is 0 Å². The van der Waals surface area contributed by atoms with Crippen molar-refractivity contribution in [3.8, 4) is 55.9 Å². The summed E-state index contributed by atoms with van der Waals surface area (Å²) in [6.45, 7) is 19.2. The molecule has 0 saturated carbocycles. The number of hydrogen-bond acceptors (Lipinski definition) is 4. The third-order valence-corrected chi connectivity index (χ3v) is 25.2. The topological polar surface area (TPSA) is 16.3 Å². The number of hydrogen-bond donors (Lipinski definition) is 0. The Morgan fingerprint density at radius 2 is 0.606 bits per heavy atom. The summed E-state index contributed by atoms with van der Waals surface area (Å²) in [7, 11) is 0. The fourth-order valence-corrected chi connectivity index (χ4v) is 19.7. The number of aromatic nitrogens is 2. The molecule has 0 aliphatic carbocycles. The molecule has 0 N–H and O–H groups in total. The summed E-state index contributed by atoms with van der Waals surface area (Å²) in [4.78, 5) is 4.60. The average Bonchev–Trinajstić information content (AvgIpc) is 0.930. The van der Waals surface area contributed by atoms with Crippen LogP contribution >= 0.6 is 22.7 Å². The van der Waals surface area contributed by atoms with Crippen LogP contribution in [0.1, 0.15) is 87.2 Å². The number of rotatable bonds is 8. The van der Waals surface area contributed by atoms with Gasteiger partial charge in [-0.25, -0.2) is 0 Å². The summed E-state index contributed by atoms with van der Waals surface area (Å²) in [6, 6.07) is 98.3. The molecular weight excluding hydrogens is 1360 g/mol. The lowest BCUT2D eigenvalue weighted by Crippen LogP contribution is -2.61. The van der Waals surface area contributed by atoms with E-state index in [1.807, 2.05) is 12.1 Å². The molecule has 0 saturated heterocycles. The average molecular weight is 1440 g/mol. The predicted molar refractivity (Wildman–Crippen MR) is 473 cm³/mol. The number of fused-ring (bicyclic) bond motifs is 16. The van der Waals surface area contributed by atoms with Crippen molar-refractivity contribution in [2.24, 2.45) is 0 Å². The van der Waals surface area contributed by atoms with Crippen LogP contribution in [0.25, 0.3) is 140 Å². The molecule has 0 bridgehead atoms. The van der Waals surface area contributed by atoms with E-state index >= 15 is 0 Å². The molecule has 2 aliphatic heterocycles. The van der Waals surface area contributed by atoms with E-state index in [1.54, 1.807) is 22.7 Å². The summed E-state index contributed by atoms with van der Waals surface area (Å²) in [5, 5.41) is 8.40. The van der Waals surface area contributed by atoms with Crippen molar-refractivity contribution in [1.82, 2.24) is 9.13 Å². The van der Waals surface area contributed by atoms with Gasteiger partial charge in [-0.05, 0) is 181 Å². The molecule has 0 fully saturated rings. The fraction of sp³-hybridized carbons (Fsp3) is 0.118. The Balaban J connectivity index is 0.986. The maximum Gasteiger partial charge on any atom is 0.252 e. The summed E-state index contributed by atoms with van der Waals surface area (Å²) in [5.74, 6) is 0. The summed E-state index contributed by atoms with van der Waals surface area (Å²) >= 11 is 3.45. The van der Waals surface area contributed by atoms with Crippen LogP contribution in [-0.4, -0.2) is 15.8 Å². The van der Waals surface area contributed by atoms with Gasteiger partial charge in [0.1, 0.15) is 0 Å². The Kier molecular flexibility index (Phi) is 13.2. The maximum absolute atomic E-state index is 12.0. The first-order valence-electron chi connectivity index (χ1n) is 40.8. The molecule has 522 valence electrons. The first kappa shape index (κ1) is 59.1. The highest BCUT2D eigenvalue weighted by atomic mass is 32.1. The van der Waals surface area contributed by atoms with E-state index in [9.17, 15) is 8.22 Å². The normalized spacial score (nSPS) is 13.9. The smallest absolute Gasteiger partial charge is 0.252 e. The van der Waals surface area contributed by atoms with Crippen LogP contribution in [0.15, 0.2) is 315 Å². The van der Waals surface area contributed by atoms with E-state index in [0.29, 0.717) is 33.7 Å². The third kappa shape index (κ3) is 10.2. The van der Waals surface area contributed by atoms with Gasteiger partial charge in [-0.2, -0.15) is 0 Å². The van der Waals surface area contributed by atoms with Crippen molar-refractivity contribution in [3.05, 3.63) is 332 Å². The van der Waals surface area contributed by atoms with Crippen LogP contribution < -0.4 is 26.2 Å². The van der Waals surface area contributed by atoms with E-state index in [0.717, 1.165) is 162 Å². The second kappa shape index (κ2) is 24.3. The van der Waals surface area contributed by atoms with E-state index in [2.05, 4.69) is 348 Å². The molecule has 4 aromatic heterocycles. The zero-order valence-electron chi connectivity index (χ0n) is 68.2. The largest absolute Gasteiger partial charge is 0.310 e. The van der Waals surface area contributed by atoms with Gasteiger partial charge < -0.3 is 18.9 Å². The molecule has 0 atom stereocenters. The van der Waals surface area contributed by atoms with E-state index < -0.39 is 12.1 Å². The number of anilines is 6. The number of nitrogens with zero attached hydrogens (tertiary/aromatic N) is 4. The molecule has 4 nitrogen and oxygen atoms in total. The molecule has 0 unspecified atom stereocenters. The molecule has 7 heteroatoms. The number of thiophene rings is 2. The highest BCUT2D eigenvalue weighted by Gasteiger charge is 2.47. The molecule has 0 spiro atoms. The van der Waals surface area contributed by atoms with Crippen molar-refractivity contribution in [2.45, 2.75) is 78.6 Å². The second-order valence-electron chi connectivity index (χ2n) is 32.7. The zero-order chi connectivity index (χ0) is 78.7. The summed E-state index contributed by atoms with van der Waals surface area (Å²) in [5.41, 5.74) is 18.0. The molecule has 2 aliphatic rings. The van der Waals surface area contributed by atoms with Crippen LogP contribution in [0.5, 0.6) is 0 Å². The van der Waals surface area contributed by atoms with Crippen LogP contribution in [-0.2, 0) is 16.2 Å². The lowest BCUT2D eigenvalue weighted by atomic mass is 9.33. The van der Waals surface area contributed by atoms with Crippen molar-refractivity contribution in [2.75, 3.05) is 9.80 Å². The molecule has 15 aromatic carbocycles. The molecule has 19 aromatic rings. The zero-order valence-corrected chi connectivity index (χ0v) is 63.9. The Labute approximate surface area is 653 Å². The first-order valence-corrected chi connectivity index (χ1v) is 39.5. The lowest BCUT2D eigenvalue weighted by molar-refractivity contribution is 0.590. The van der Waals surface area contributed by atoms with Gasteiger partial charge >= 0.3 is 0 Å². The Bertz CT molecular complexity index is 6820. The predicted octanol–water partition coefficient (Wildman–Crippen LogP) is 27.3. The van der Waals surface area contributed by atoms with E-state index in [-0.39, 0.29) is 58.5 Å². The molecule has 0 radical (unpaired) electrons. The van der Waals surface area contributed by atoms with E-state index in [4.69, 9.17) is 0 Å². The van der Waals surface area contributed by atoms with Crippen LogP contribution in [0.3, 0.4) is 0 Å². The Hall–Kier alpha value is -12.0. The quantitative estimate of drug-likeness (QED) is 0.141. The van der Waals surface area contributed by atoms with Gasteiger partial charge in [-0.15, -0.1) is 22.7 Å². The maximum atomic E-state index is 12.0. The first-order chi connectivity index (χ1) is 55.5. The molecule has 6 heterocycles. The molecule has 109 heavy (non-hydrogen) atoms. The highest BCUT2D eigenvalue weighted by Crippen LogP contribution is 2.56. The van der Waals surface area contributed by atoms with Gasteiger partial charge in [0.25, 0.3) is 6.71 Å². The Morgan fingerprint density at radius 3 is 0.963 bits per heavy atom. The standard InChI is InChI=1S/C102H79BN4S2/c1-100(2,3)66-50-75(62-30-14-10-15-31-62)98(76(51-66)63-32-16-11-17-33-63)106-89-56-69(104-85-42-26-22-38-71(85)79-58-81-73-40-24-28-44-93(73)108-95(81)60-87(79)104)46-48-83(89)103-84-49-47-70(105-86-43-27-23-39-72(86)80-59-82-74-41-25-29-45-94(74)109-96(82)61-88(80)105)57-90(84)107(92-55-68(102(7,8)9)54-91(106)97(92)103)99-77(64-34-18-12-19-35-64)52-67(101(4,5)6)53-78(99)65-36-20-13-21-37-65/h10-61H,1-9H3/i46D,47D,48D,49D,56D,57D. The minimum absolute atomic E-state index is 0.0130. The van der Waals surface area contributed by atoms with Crippen molar-refractivity contribution in [3.63, 3.8) is 0 Å². The van der Waals surface area contributed by atoms with Gasteiger partial charge in [0.05, 0.1) is 41.7 Å². The van der Waals surface area contributed by atoms with Gasteiger partial charge in [0, 0.05) is 118 Å². The minimum Gasteiger partial charge on any atom is -0.310 e. The highest BCUT2D eigenvalue weighted by molar-refractivity contribution is 7.26. The van der Waals surface area contributed by atoms with Crippen LogP contribution in [0, 0.1) is 0 Å². The van der Waals surface area contributed by atoms with E-state index in [1.165, 1.54) is 0 Å². The van der Waals surface area contributed by atoms with Crippen LogP contribution in [0.4, 0.5) is 34.1 Å². The fourth-order valence-electron chi connectivity index (χ4n) is 17.5. The lowest BCUT2D eigenvalue weighted by Gasteiger charge is -2.47. The number of para-hydroxylation sites is 2.